The van der Waals surface area contributed by atoms with Gasteiger partial charge in [0.1, 0.15) is 16.5 Å². The Morgan fingerprint density at radius 1 is 0.967 bits per heavy atom. The molecular formula is C20H22ClN3O6. The number of azo groups is 1. The number of benzene rings is 2. The van der Waals surface area contributed by atoms with Crippen molar-refractivity contribution in [1.29, 1.82) is 0 Å². The van der Waals surface area contributed by atoms with E-state index in [-0.39, 0.29) is 16.5 Å². The molecule has 0 aromatic heterocycles. The number of hydrogen-bond donors (Lipinski definition) is 1. The van der Waals surface area contributed by atoms with E-state index in [9.17, 15) is 9.59 Å². The quantitative estimate of drug-likeness (QED) is 0.470. The smallest absolute Gasteiger partial charge is 0.258 e. The Morgan fingerprint density at radius 2 is 1.60 bits per heavy atom. The van der Waals surface area contributed by atoms with Crippen molar-refractivity contribution in [2.45, 2.75) is 13.0 Å². The summed E-state index contributed by atoms with van der Waals surface area (Å²) < 4.78 is 20.7. The molecular weight excluding hydrogens is 414 g/mol. The highest BCUT2D eigenvalue weighted by atomic mass is 35.5. The van der Waals surface area contributed by atoms with E-state index < -0.39 is 17.7 Å². The third kappa shape index (κ3) is 5.38. The van der Waals surface area contributed by atoms with Gasteiger partial charge in [0.2, 0.25) is 6.04 Å². The minimum atomic E-state index is -1.38. The van der Waals surface area contributed by atoms with E-state index in [0.29, 0.717) is 22.9 Å². The fraction of sp³-hybridized carbons (Fsp3) is 0.300. The molecule has 0 aliphatic rings. The third-order valence-electron chi connectivity index (χ3n) is 4.00. The number of methoxy groups -OCH3 is 4. The molecule has 2 aromatic carbocycles. The van der Waals surface area contributed by atoms with Crippen LogP contribution in [0.25, 0.3) is 0 Å². The molecule has 0 radical (unpaired) electrons. The van der Waals surface area contributed by atoms with E-state index in [0.717, 1.165) is 0 Å². The molecule has 30 heavy (non-hydrogen) atoms. The Bertz CT molecular complexity index is 942. The summed E-state index contributed by atoms with van der Waals surface area (Å²) >= 11 is 6.27. The number of amides is 1. The summed E-state index contributed by atoms with van der Waals surface area (Å²) in [6.07, 6.45) is 0. The van der Waals surface area contributed by atoms with Crippen molar-refractivity contribution < 1.29 is 28.5 Å². The SMILES string of the molecule is COc1cc(N=NC(C(C)=O)C(=O)Nc2ccc(OC)c(OC)c2Cl)cc(OC)c1. The number of rotatable bonds is 9. The highest BCUT2D eigenvalue weighted by molar-refractivity contribution is 6.35. The second-order valence-electron chi connectivity index (χ2n) is 5.95. The molecule has 1 atom stereocenters. The Balaban J connectivity index is 2.28. The number of nitrogens with one attached hydrogen (secondary N) is 1. The van der Waals surface area contributed by atoms with Crippen LogP contribution >= 0.6 is 11.6 Å². The summed E-state index contributed by atoms with van der Waals surface area (Å²) in [5, 5.41) is 10.6. The van der Waals surface area contributed by atoms with E-state index in [4.69, 9.17) is 30.5 Å². The van der Waals surface area contributed by atoms with Crippen molar-refractivity contribution >= 4 is 34.7 Å². The van der Waals surface area contributed by atoms with Crippen LogP contribution in [0.4, 0.5) is 11.4 Å². The van der Waals surface area contributed by atoms with Gasteiger partial charge in [-0.25, -0.2) is 0 Å². The molecule has 0 fully saturated rings. The van der Waals surface area contributed by atoms with Crippen LogP contribution in [0.1, 0.15) is 6.92 Å². The number of carbonyl (C=O) groups is 2. The zero-order valence-corrected chi connectivity index (χ0v) is 17.9. The molecule has 2 rings (SSSR count). The van der Waals surface area contributed by atoms with Gasteiger partial charge in [0, 0.05) is 18.2 Å². The van der Waals surface area contributed by atoms with Crippen molar-refractivity contribution in [3.05, 3.63) is 35.4 Å². The Labute approximate surface area is 178 Å². The topological polar surface area (TPSA) is 108 Å². The van der Waals surface area contributed by atoms with Crippen molar-refractivity contribution in [2.75, 3.05) is 33.8 Å². The Hall–Kier alpha value is -3.33. The maximum absolute atomic E-state index is 12.7. The molecule has 1 amide bonds. The second kappa shape index (κ2) is 10.4. The highest BCUT2D eigenvalue weighted by Crippen LogP contribution is 2.40. The molecule has 0 spiro atoms. The number of hydrogen-bond acceptors (Lipinski definition) is 8. The largest absolute Gasteiger partial charge is 0.497 e. The van der Waals surface area contributed by atoms with Crippen molar-refractivity contribution in [3.8, 4) is 23.0 Å². The predicted molar refractivity (Wildman–Crippen MR) is 112 cm³/mol. The molecule has 0 bridgehead atoms. The molecule has 10 heteroatoms. The number of carbonyl (C=O) groups excluding carboxylic acids is 2. The van der Waals surface area contributed by atoms with Crippen molar-refractivity contribution in [3.63, 3.8) is 0 Å². The van der Waals surface area contributed by atoms with Gasteiger partial charge in [-0.2, -0.15) is 10.2 Å². The lowest BCUT2D eigenvalue weighted by molar-refractivity contribution is -0.126. The first-order valence-corrected chi connectivity index (χ1v) is 9.08. The zero-order chi connectivity index (χ0) is 22.3. The minimum Gasteiger partial charge on any atom is -0.497 e. The zero-order valence-electron chi connectivity index (χ0n) is 17.2. The summed E-state index contributed by atoms with van der Waals surface area (Å²) in [5.74, 6) is 0.433. The van der Waals surface area contributed by atoms with Gasteiger partial charge in [-0.05, 0) is 19.1 Å². The molecule has 160 valence electrons. The number of ketones is 1. The molecule has 1 N–H and O–H groups in total. The molecule has 0 saturated heterocycles. The number of ether oxygens (including phenoxy) is 4. The summed E-state index contributed by atoms with van der Waals surface area (Å²) in [5.41, 5.74) is 0.596. The summed E-state index contributed by atoms with van der Waals surface area (Å²) in [6.45, 7) is 1.24. The molecule has 0 aliphatic carbocycles. The monoisotopic (exact) mass is 435 g/mol. The summed E-state index contributed by atoms with van der Waals surface area (Å²) in [6, 6.07) is 6.56. The molecule has 1 unspecified atom stereocenters. The number of anilines is 1. The van der Waals surface area contributed by atoms with Gasteiger partial charge in [-0.15, -0.1) is 0 Å². The van der Waals surface area contributed by atoms with Gasteiger partial charge < -0.3 is 24.3 Å². The summed E-state index contributed by atoms with van der Waals surface area (Å²) in [7, 11) is 5.87. The van der Waals surface area contributed by atoms with Crippen LogP contribution < -0.4 is 24.3 Å². The van der Waals surface area contributed by atoms with Crippen molar-refractivity contribution in [1.82, 2.24) is 0 Å². The number of Topliss-reactive ketones (excluding diaryl/α,β-unsaturated/α-hetero) is 1. The van der Waals surface area contributed by atoms with E-state index in [1.165, 1.54) is 41.4 Å². The standard InChI is InChI=1S/C20H22ClN3O6/c1-11(25)18(24-23-12-8-13(27-2)10-14(9-12)28-3)20(26)22-15-6-7-16(29-4)19(30-5)17(15)21/h6-10,18H,1-5H3,(H,22,26). The van der Waals surface area contributed by atoms with E-state index >= 15 is 0 Å². The third-order valence-corrected chi connectivity index (χ3v) is 4.38. The Morgan fingerprint density at radius 3 is 2.10 bits per heavy atom. The maximum atomic E-state index is 12.7. The summed E-state index contributed by atoms with van der Waals surface area (Å²) in [4.78, 5) is 24.7. The predicted octanol–water partition coefficient (Wildman–Crippen LogP) is 4.05. The van der Waals surface area contributed by atoms with Gasteiger partial charge >= 0.3 is 0 Å². The second-order valence-corrected chi connectivity index (χ2v) is 6.33. The van der Waals surface area contributed by atoms with E-state index in [2.05, 4.69) is 15.5 Å². The van der Waals surface area contributed by atoms with Crippen LogP contribution in [-0.4, -0.2) is 46.2 Å². The lowest BCUT2D eigenvalue weighted by Gasteiger charge is -2.14. The van der Waals surface area contributed by atoms with E-state index in [1.54, 1.807) is 24.3 Å². The fourth-order valence-corrected chi connectivity index (χ4v) is 2.76. The normalized spacial score (nSPS) is 11.7. The van der Waals surface area contributed by atoms with Gasteiger partial charge in [0.15, 0.2) is 17.3 Å². The molecule has 0 saturated carbocycles. The molecule has 0 heterocycles. The van der Waals surface area contributed by atoms with Crippen molar-refractivity contribution in [2.24, 2.45) is 10.2 Å². The van der Waals surface area contributed by atoms with Crippen LogP contribution in [0.3, 0.4) is 0 Å². The first kappa shape index (κ1) is 23.0. The average Bonchev–Trinajstić information content (AvgIpc) is 2.74. The highest BCUT2D eigenvalue weighted by Gasteiger charge is 2.25. The molecule has 9 nitrogen and oxygen atoms in total. The number of halogens is 1. The maximum Gasteiger partial charge on any atom is 0.258 e. The van der Waals surface area contributed by atoms with Crippen LogP contribution in [0.2, 0.25) is 5.02 Å². The fourth-order valence-electron chi connectivity index (χ4n) is 2.48. The number of nitrogens with zero attached hydrogens (tertiary/aromatic N) is 2. The molecule has 0 aliphatic heterocycles. The minimum absolute atomic E-state index is 0.127. The molecule has 2 aromatic rings. The Kier molecular flexibility index (Phi) is 7.99. The van der Waals surface area contributed by atoms with E-state index in [1.807, 2.05) is 0 Å². The van der Waals surface area contributed by atoms with Crippen LogP contribution in [0.15, 0.2) is 40.6 Å². The lowest BCUT2D eigenvalue weighted by atomic mass is 10.2. The average molecular weight is 436 g/mol. The lowest BCUT2D eigenvalue weighted by Crippen LogP contribution is -2.31. The van der Waals surface area contributed by atoms with Crippen LogP contribution in [0.5, 0.6) is 23.0 Å². The van der Waals surface area contributed by atoms with Crippen LogP contribution in [-0.2, 0) is 9.59 Å². The van der Waals surface area contributed by atoms with Gasteiger partial charge in [0.25, 0.3) is 5.91 Å². The van der Waals surface area contributed by atoms with Gasteiger partial charge in [-0.3, -0.25) is 9.59 Å². The van der Waals surface area contributed by atoms with Gasteiger partial charge in [0.05, 0.1) is 39.8 Å². The first-order chi connectivity index (χ1) is 14.3. The van der Waals surface area contributed by atoms with Crippen LogP contribution in [0, 0.1) is 0 Å². The van der Waals surface area contributed by atoms with Gasteiger partial charge in [-0.1, -0.05) is 11.6 Å². The first-order valence-electron chi connectivity index (χ1n) is 8.70.